The number of esters is 1. The van der Waals surface area contributed by atoms with E-state index in [0.29, 0.717) is 28.8 Å². The van der Waals surface area contributed by atoms with Crippen molar-refractivity contribution in [1.29, 1.82) is 0 Å². The Hall–Kier alpha value is -2.30. The highest BCUT2D eigenvalue weighted by atomic mass is 16.5. The van der Waals surface area contributed by atoms with Crippen molar-refractivity contribution in [3.8, 4) is 5.75 Å². The quantitative estimate of drug-likeness (QED) is 0.616. The van der Waals surface area contributed by atoms with Gasteiger partial charge in [0.15, 0.2) is 6.29 Å². The Morgan fingerprint density at radius 2 is 2.06 bits per heavy atom. The molecule has 0 saturated carbocycles. The number of aldehydes is 1. The highest BCUT2D eigenvalue weighted by Crippen LogP contribution is 2.33. The molecule has 0 amide bonds. The predicted molar refractivity (Wildman–Crippen MR) is 64.2 cm³/mol. The Balaban J connectivity index is 2.89. The Morgan fingerprint density at radius 3 is 2.61 bits per heavy atom. The fourth-order valence-electron chi connectivity index (χ4n) is 1.96. The van der Waals surface area contributed by atoms with Crippen molar-refractivity contribution in [3.05, 3.63) is 29.0 Å². The van der Waals surface area contributed by atoms with E-state index in [-0.39, 0.29) is 11.1 Å². The van der Waals surface area contributed by atoms with E-state index < -0.39 is 5.97 Å². The minimum absolute atomic E-state index is 0.258. The SMILES string of the molecule is COC(=O)c1c(C)oc2ccc(OC)c(C=O)c12. The summed E-state index contributed by atoms with van der Waals surface area (Å²) in [7, 11) is 2.74. The number of aryl methyl sites for hydroxylation is 1. The fraction of sp³-hybridized carbons (Fsp3) is 0.231. The first-order valence-electron chi connectivity index (χ1n) is 5.27. The minimum atomic E-state index is -0.539. The van der Waals surface area contributed by atoms with E-state index in [9.17, 15) is 9.59 Å². The van der Waals surface area contributed by atoms with Crippen molar-refractivity contribution in [1.82, 2.24) is 0 Å². The lowest BCUT2D eigenvalue weighted by Gasteiger charge is -2.04. The number of fused-ring (bicyclic) bond motifs is 1. The summed E-state index contributed by atoms with van der Waals surface area (Å²) in [6.45, 7) is 1.65. The molecule has 0 aliphatic heterocycles. The highest BCUT2D eigenvalue weighted by Gasteiger charge is 2.23. The molecule has 0 saturated heterocycles. The van der Waals surface area contributed by atoms with Gasteiger partial charge in [-0.25, -0.2) is 4.79 Å². The van der Waals surface area contributed by atoms with Gasteiger partial charge >= 0.3 is 5.97 Å². The minimum Gasteiger partial charge on any atom is -0.496 e. The topological polar surface area (TPSA) is 65.7 Å². The van der Waals surface area contributed by atoms with E-state index in [1.165, 1.54) is 14.2 Å². The number of methoxy groups -OCH3 is 2. The second-order valence-corrected chi connectivity index (χ2v) is 3.70. The van der Waals surface area contributed by atoms with E-state index in [1.54, 1.807) is 19.1 Å². The summed E-state index contributed by atoms with van der Waals surface area (Å²) in [6, 6.07) is 3.27. The summed E-state index contributed by atoms with van der Waals surface area (Å²) in [5.74, 6) is 0.263. The number of furan rings is 1. The van der Waals surface area contributed by atoms with Gasteiger partial charge in [0, 0.05) is 5.39 Å². The van der Waals surface area contributed by atoms with E-state index in [0.717, 1.165) is 0 Å². The molecule has 0 radical (unpaired) electrons. The van der Waals surface area contributed by atoms with Crippen LogP contribution in [0, 0.1) is 6.92 Å². The van der Waals surface area contributed by atoms with Crippen molar-refractivity contribution >= 4 is 23.2 Å². The Labute approximate surface area is 103 Å². The van der Waals surface area contributed by atoms with Crippen LogP contribution in [-0.2, 0) is 4.74 Å². The van der Waals surface area contributed by atoms with E-state index in [2.05, 4.69) is 0 Å². The van der Waals surface area contributed by atoms with E-state index >= 15 is 0 Å². The molecule has 0 N–H and O–H groups in total. The maximum atomic E-state index is 11.7. The molecule has 1 heterocycles. The molecule has 2 aromatic rings. The number of ether oxygens (including phenoxy) is 2. The van der Waals surface area contributed by atoms with Gasteiger partial charge in [0.25, 0.3) is 0 Å². The van der Waals surface area contributed by atoms with Crippen LogP contribution in [0.4, 0.5) is 0 Å². The van der Waals surface area contributed by atoms with Crippen LogP contribution in [0.25, 0.3) is 11.0 Å². The first-order valence-corrected chi connectivity index (χ1v) is 5.27. The zero-order valence-electron chi connectivity index (χ0n) is 10.3. The standard InChI is InChI=1S/C13H12O5/c1-7-11(13(15)17-3)12-8(6-14)9(16-2)4-5-10(12)18-7/h4-6H,1-3H3. The molecule has 0 aliphatic rings. The lowest BCUT2D eigenvalue weighted by atomic mass is 10.0. The zero-order chi connectivity index (χ0) is 13.3. The lowest BCUT2D eigenvalue weighted by Crippen LogP contribution is -2.03. The van der Waals surface area contributed by atoms with Crippen molar-refractivity contribution in [3.63, 3.8) is 0 Å². The molecule has 1 aromatic heterocycles. The van der Waals surface area contributed by atoms with Gasteiger partial charge in [-0.15, -0.1) is 0 Å². The molecular weight excluding hydrogens is 236 g/mol. The first-order chi connectivity index (χ1) is 8.63. The average Bonchev–Trinajstić information content (AvgIpc) is 2.72. The summed E-state index contributed by atoms with van der Waals surface area (Å²) in [5, 5.41) is 0.425. The summed E-state index contributed by atoms with van der Waals surface area (Å²) in [4.78, 5) is 22.9. The Kier molecular flexibility index (Phi) is 3.06. The summed E-state index contributed by atoms with van der Waals surface area (Å²) < 4.78 is 15.2. The van der Waals surface area contributed by atoms with Gasteiger partial charge in [-0.05, 0) is 19.1 Å². The maximum Gasteiger partial charge on any atom is 0.342 e. The number of hydrogen-bond donors (Lipinski definition) is 0. The van der Waals surface area contributed by atoms with Crippen LogP contribution in [0.5, 0.6) is 5.75 Å². The molecule has 94 valence electrons. The van der Waals surface area contributed by atoms with Gasteiger partial charge in [-0.3, -0.25) is 4.79 Å². The molecule has 0 unspecified atom stereocenters. The molecule has 2 rings (SSSR count). The van der Waals surface area contributed by atoms with Crippen molar-refractivity contribution in [2.75, 3.05) is 14.2 Å². The van der Waals surface area contributed by atoms with Gasteiger partial charge in [0.1, 0.15) is 22.7 Å². The lowest BCUT2D eigenvalue weighted by molar-refractivity contribution is 0.0600. The molecule has 0 aliphatic carbocycles. The zero-order valence-corrected chi connectivity index (χ0v) is 10.3. The van der Waals surface area contributed by atoms with Crippen LogP contribution in [0.1, 0.15) is 26.5 Å². The molecule has 5 heteroatoms. The Bertz CT molecular complexity index is 624. The van der Waals surface area contributed by atoms with E-state index in [1.807, 2.05) is 0 Å². The predicted octanol–water partition coefficient (Wildman–Crippen LogP) is 2.35. The van der Waals surface area contributed by atoms with Gasteiger partial charge in [0.2, 0.25) is 0 Å². The maximum absolute atomic E-state index is 11.7. The van der Waals surface area contributed by atoms with Gasteiger partial charge < -0.3 is 13.9 Å². The molecular formula is C13H12O5. The van der Waals surface area contributed by atoms with Crippen LogP contribution in [0.15, 0.2) is 16.5 Å². The molecule has 18 heavy (non-hydrogen) atoms. The molecule has 0 atom stereocenters. The van der Waals surface area contributed by atoms with Crippen LogP contribution in [0.3, 0.4) is 0 Å². The summed E-state index contributed by atoms with van der Waals surface area (Å²) in [6.07, 6.45) is 0.641. The Morgan fingerprint density at radius 1 is 1.33 bits per heavy atom. The first kappa shape index (κ1) is 12.2. The normalized spacial score (nSPS) is 10.4. The molecule has 5 nitrogen and oxygen atoms in total. The average molecular weight is 248 g/mol. The third-order valence-corrected chi connectivity index (χ3v) is 2.76. The molecule has 0 bridgehead atoms. The third kappa shape index (κ3) is 1.64. The van der Waals surface area contributed by atoms with E-state index in [4.69, 9.17) is 13.9 Å². The fourth-order valence-corrected chi connectivity index (χ4v) is 1.96. The van der Waals surface area contributed by atoms with Crippen LogP contribution in [0.2, 0.25) is 0 Å². The van der Waals surface area contributed by atoms with Crippen molar-refractivity contribution < 1.29 is 23.5 Å². The molecule has 0 spiro atoms. The van der Waals surface area contributed by atoms with Crippen LogP contribution < -0.4 is 4.74 Å². The smallest absolute Gasteiger partial charge is 0.342 e. The highest BCUT2D eigenvalue weighted by molar-refractivity contribution is 6.11. The van der Waals surface area contributed by atoms with Crippen LogP contribution >= 0.6 is 0 Å². The van der Waals surface area contributed by atoms with Crippen LogP contribution in [-0.4, -0.2) is 26.5 Å². The molecule has 1 aromatic carbocycles. The number of benzene rings is 1. The summed E-state index contributed by atoms with van der Waals surface area (Å²) >= 11 is 0. The largest absolute Gasteiger partial charge is 0.496 e. The van der Waals surface area contributed by atoms with Gasteiger partial charge in [-0.2, -0.15) is 0 Å². The van der Waals surface area contributed by atoms with Crippen molar-refractivity contribution in [2.45, 2.75) is 6.92 Å². The monoisotopic (exact) mass is 248 g/mol. The van der Waals surface area contributed by atoms with Crippen molar-refractivity contribution in [2.24, 2.45) is 0 Å². The number of rotatable bonds is 3. The number of carbonyl (C=O) groups excluding carboxylic acids is 2. The van der Waals surface area contributed by atoms with Gasteiger partial charge in [0.05, 0.1) is 19.8 Å². The second kappa shape index (κ2) is 4.52. The second-order valence-electron chi connectivity index (χ2n) is 3.70. The number of hydrogen-bond acceptors (Lipinski definition) is 5. The van der Waals surface area contributed by atoms with Gasteiger partial charge in [-0.1, -0.05) is 0 Å². The summed E-state index contributed by atoms with van der Waals surface area (Å²) in [5.41, 5.74) is 0.997. The third-order valence-electron chi connectivity index (χ3n) is 2.76. The molecule has 0 fully saturated rings. The number of carbonyl (C=O) groups is 2.